The van der Waals surface area contributed by atoms with Gasteiger partial charge in [-0.25, -0.2) is 4.99 Å². The third kappa shape index (κ3) is 5.99. The quantitative estimate of drug-likeness (QED) is 0.531. The summed E-state index contributed by atoms with van der Waals surface area (Å²) >= 11 is 0. The lowest BCUT2D eigenvalue weighted by Gasteiger charge is -2.21. The van der Waals surface area contributed by atoms with Crippen molar-refractivity contribution < 1.29 is 4.74 Å². The van der Waals surface area contributed by atoms with Crippen LogP contribution in [0.15, 0.2) is 41.5 Å². The zero-order valence-corrected chi connectivity index (χ0v) is 16.5. The van der Waals surface area contributed by atoms with Gasteiger partial charge in [-0.15, -0.1) is 0 Å². The van der Waals surface area contributed by atoms with Crippen molar-refractivity contribution in [1.82, 2.24) is 15.6 Å². The highest BCUT2D eigenvalue weighted by molar-refractivity contribution is 5.83. The number of aliphatic imine (C=N–C) groups is 1. The van der Waals surface area contributed by atoms with Crippen LogP contribution in [0.1, 0.15) is 39.7 Å². The number of hydrogen-bond acceptors (Lipinski definition) is 3. The number of guanidine groups is 1. The molecule has 0 aliphatic rings. The standard InChI is InChI=1S/C21H32N4O/c1-5-22-21(24-14-12-19(16(3)4)26-6-2)25-15-18-10-7-9-17-11-8-13-23-20(17)18/h7-11,13,16,19H,5-6,12,14-15H2,1-4H3,(H2,22,24,25). The summed E-state index contributed by atoms with van der Waals surface area (Å²) in [4.78, 5) is 9.24. The van der Waals surface area contributed by atoms with Crippen molar-refractivity contribution in [3.63, 3.8) is 0 Å². The van der Waals surface area contributed by atoms with Gasteiger partial charge >= 0.3 is 0 Å². The van der Waals surface area contributed by atoms with Crippen LogP contribution >= 0.6 is 0 Å². The minimum Gasteiger partial charge on any atom is -0.378 e. The Bertz CT molecular complexity index is 694. The van der Waals surface area contributed by atoms with Gasteiger partial charge in [0.2, 0.25) is 0 Å². The van der Waals surface area contributed by atoms with Gasteiger partial charge in [0.05, 0.1) is 18.2 Å². The van der Waals surface area contributed by atoms with Crippen LogP contribution in [-0.4, -0.2) is 36.7 Å². The van der Waals surface area contributed by atoms with Crippen molar-refractivity contribution in [3.05, 3.63) is 42.1 Å². The van der Waals surface area contributed by atoms with Gasteiger partial charge < -0.3 is 15.4 Å². The molecule has 0 fully saturated rings. The molecular formula is C21H32N4O. The molecule has 0 spiro atoms. The molecule has 5 heteroatoms. The highest BCUT2D eigenvalue weighted by Crippen LogP contribution is 2.16. The van der Waals surface area contributed by atoms with Crippen LogP contribution in [0.2, 0.25) is 0 Å². The number of fused-ring (bicyclic) bond motifs is 1. The highest BCUT2D eigenvalue weighted by Gasteiger charge is 2.13. The Labute approximate surface area is 157 Å². The molecule has 2 N–H and O–H groups in total. The summed E-state index contributed by atoms with van der Waals surface area (Å²) < 4.78 is 5.81. The van der Waals surface area contributed by atoms with Crippen LogP contribution in [0.5, 0.6) is 0 Å². The SMILES string of the molecule is CCNC(=NCc1cccc2cccnc12)NCCC(OCC)C(C)C. The van der Waals surface area contributed by atoms with E-state index >= 15 is 0 Å². The summed E-state index contributed by atoms with van der Waals surface area (Å²) in [7, 11) is 0. The van der Waals surface area contributed by atoms with E-state index in [0.717, 1.165) is 48.5 Å². The first-order valence-corrected chi connectivity index (χ1v) is 9.62. The number of pyridine rings is 1. The molecule has 5 nitrogen and oxygen atoms in total. The molecule has 0 bridgehead atoms. The Kier molecular flexibility index (Phi) is 8.35. The van der Waals surface area contributed by atoms with Crippen molar-refractivity contribution >= 4 is 16.9 Å². The fourth-order valence-electron chi connectivity index (χ4n) is 2.96. The first-order valence-electron chi connectivity index (χ1n) is 9.62. The number of benzene rings is 1. The monoisotopic (exact) mass is 356 g/mol. The summed E-state index contributed by atoms with van der Waals surface area (Å²) in [5, 5.41) is 7.88. The van der Waals surface area contributed by atoms with Gasteiger partial charge in [0.1, 0.15) is 0 Å². The summed E-state index contributed by atoms with van der Waals surface area (Å²) in [5.41, 5.74) is 2.15. The molecule has 1 aromatic heterocycles. The molecule has 2 rings (SSSR count). The van der Waals surface area contributed by atoms with Gasteiger partial charge in [0.25, 0.3) is 0 Å². The van der Waals surface area contributed by atoms with E-state index in [4.69, 9.17) is 9.73 Å². The van der Waals surface area contributed by atoms with Crippen molar-refractivity contribution in [3.8, 4) is 0 Å². The molecule has 0 aliphatic carbocycles. The van der Waals surface area contributed by atoms with Crippen LogP contribution in [0.4, 0.5) is 0 Å². The van der Waals surface area contributed by atoms with E-state index in [0.29, 0.717) is 12.5 Å². The molecule has 0 aliphatic heterocycles. The first kappa shape index (κ1) is 20.2. The molecule has 1 aromatic carbocycles. The molecule has 1 unspecified atom stereocenters. The van der Waals surface area contributed by atoms with E-state index in [2.05, 4.69) is 60.7 Å². The molecule has 26 heavy (non-hydrogen) atoms. The topological polar surface area (TPSA) is 58.5 Å². The minimum atomic E-state index is 0.276. The third-order valence-electron chi connectivity index (χ3n) is 4.31. The zero-order chi connectivity index (χ0) is 18.8. The van der Waals surface area contributed by atoms with E-state index in [1.54, 1.807) is 0 Å². The van der Waals surface area contributed by atoms with Gasteiger partial charge in [-0.2, -0.15) is 0 Å². The number of ether oxygens (including phenoxy) is 1. The number of nitrogens with zero attached hydrogens (tertiary/aromatic N) is 2. The lowest BCUT2D eigenvalue weighted by Crippen LogP contribution is -2.39. The van der Waals surface area contributed by atoms with E-state index in [1.165, 1.54) is 0 Å². The van der Waals surface area contributed by atoms with Crippen molar-refractivity contribution in [2.45, 2.75) is 46.8 Å². The highest BCUT2D eigenvalue weighted by atomic mass is 16.5. The number of hydrogen-bond donors (Lipinski definition) is 2. The predicted molar refractivity (Wildman–Crippen MR) is 109 cm³/mol. The summed E-state index contributed by atoms with van der Waals surface area (Å²) in [6.07, 6.45) is 3.07. The molecule has 0 saturated carbocycles. The second-order valence-electron chi connectivity index (χ2n) is 6.64. The van der Waals surface area contributed by atoms with Crippen LogP contribution < -0.4 is 10.6 Å². The number of para-hydroxylation sites is 1. The van der Waals surface area contributed by atoms with Crippen molar-refractivity contribution in [1.29, 1.82) is 0 Å². The number of nitrogens with one attached hydrogen (secondary N) is 2. The van der Waals surface area contributed by atoms with Gasteiger partial charge in [-0.1, -0.05) is 38.1 Å². The maximum atomic E-state index is 5.81. The Balaban J connectivity index is 1.99. The molecular weight excluding hydrogens is 324 g/mol. The zero-order valence-electron chi connectivity index (χ0n) is 16.5. The van der Waals surface area contributed by atoms with E-state index in [1.807, 2.05) is 19.2 Å². The predicted octanol–water partition coefficient (Wildman–Crippen LogP) is 3.74. The molecule has 0 amide bonds. The van der Waals surface area contributed by atoms with Crippen LogP contribution in [0, 0.1) is 5.92 Å². The largest absolute Gasteiger partial charge is 0.378 e. The Hall–Kier alpha value is -2.14. The second-order valence-corrected chi connectivity index (χ2v) is 6.64. The summed E-state index contributed by atoms with van der Waals surface area (Å²) in [5.74, 6) is 1.34. The summed E-state index contributed by atoms with van der Waals surface area (Å²) in [6, 6.07) is 10.3. The van der Waals surface area contributed by atoms with Gasteiger partial charge in [0, 0.05) is 31.3 Å². The number of aromatic nitrogens is 1. The Morgan fingerprint density at radius 3 is 2.69 bits per heavy atom. The first-order chi connectivity index (χ1) is 12.7. The van der Waals surface area contributed by atoms with E-state index < -0.39 is 0 Å². The lowest BCUT2D eigenvalue weighted by atomic mass is 10.0. The van der Waals surface area contributed by atoms with Gasteiger partial charge in [0.15, 0.2) is 5.96 Å². The van der Waals surface area contributed by atoms with E-state index in [9.17, 15) is 0 Å². The molecule has 142 valence electrons. The third-order valence-corrected chi connectivity index (χ3v) is 4.31. The Morgan fingerprint density at radius 2 is 1.96 bits per heavy atom. The number of rotatable bonds is 9. The van der Waals surface area contributed by atoms with Gasteiger partial charge in [-0.05, 0) is 37.8 Å². The van der Waals surface area contributed by atoms with Crippen molar-refractivity contribution in [2.24, 2.45) is 10.9 Å². The normalized spacial score (nSPS) is 13.2. The average molecular weight is 357 g/mol. The van der Waals surface area contributed by atoms with Crippen LogP contribution in [0.25, 0.3) is 10.9 Å². The smallest absolute Gasteiger partial charge is 0.191 e. The van der Waals surface area contributed by atoms with Crippen molar-refractivity contribution in [2.75, 3.05) is 19.7 Å². The fourth-order valence-corrected chi connectivity index (χ4v) is 2.96. The molecule has 2 aromatic rings. The second kappa shape index (κ2) is 10.8. The van der Waals surface area contributed by atoms with E-state index in [-0.39, 0.29) is 6.10 Å². The fraction of sp³-hybridized carbons (Fsp3) is 0.524. The molecule has 0 saturated heterocycles. The van der Waals surface area contributed by atoms with Crippen LogP contribution in [0.3, 0.4) is 0 Å². The maximum absolute atomic E-state index is 5.81. The molecule has 1 atom stereocenters. The minimum absolute atomic E-state index is 0.276. The average Bonchev–Trinajstić information content (AvgIpc) is 2.65. The maximum Gasteiger partial charge on any atom is 0.191 e. The molecule has 0 radical (unpaired) electrons. The molecule has 1 heterocycles. The van der Waals surface area contributed by atoms with Gasteiger partial charge in [-0.3, -0.25) is 4.98 Å². The summed E-state index contributed by atoms with van der Waals surface area (Å²) in [6.45, 7) is 11.6. The van der Waals surface area contributed by atoms with Crippen LogP contribution in [-0.2, 0) is 11.3 Å². The Morgan fingerprint density at radius 1 is 1.15 bits per heavy atom. The lowest BCUT2D eigenvalue weighted by molar-refractivity contribution is 0.0258.